The quantitative estimate of drug-likeness (QED) is 0.846. The lowest BCUT2D eigenvalue weighted by molar-refractivity contribution is 0.141. The Morgan fingerprint density at radius 2 is 2.10 bits per heavy atom. The molecule has 0 fully saturated rings. The number of amides is 2. The van der Waals surface area contributed by atoms with Crippen LogP contribution in [0.25, 0.3) is 0 Å². The van der Waals surface area contributed by atoms with E-state index in [-0.39, 0.29) is 18.7 Å². The lowest BCUT2D eigenvalue weighted by Crippen LogP contribution is -2.43. The highest BCUT2D eigenvalue weighted by atomic mass is 35.5. The molecule has 2 N–H and O–H groups in total. The standard InChI is InChI=1S/C14H21ClN2O3/c1-10(18)9-17(3)14(19)16-8-11(2)20-13-7-5-4-6-12(13)15/h4-7,10-11,18H,8-9H2,1-3H3,(H,16,19). The highest BCUT2D eigenvalue weighted by Crippen LogP contribution is 2.23. The number of benzene rings is 1. The molecule has 0 heterocycles. The van der Waals surface area contributed by atoms with Gasteiger partial charge in [0, 0.05) is 13.6 Å². The second-order valence-electron chi connectivity index (χ2n) is 4.77. The van der Waals surface area contributed by atoms with Crippen molar-refractivity contribution in [2.24, 2.45) is 0 Å². The molecule has 1 aromatic rings. The zero-order chi connectivity index (χ0) is 15.1. The predicted molar refractivity (Wildman–Crippen MR) is 79.3 cm³/mol. The average Bonchev–Trinajstić information content (AvgIpc) is 2.38. The van der Waals surface area contributed by atoms with E-state index in [2.05, 4.69) is 5.32 Å². The van der Waals surface area contributed by atoms with Crippen molar-refractivity contribution in [1.29, 1.82) is 0 Å². The number of carbonyl (C=O) groups excluding carboxylic acids is 1. The molecule has 0 spiro atoms. The second-order valence-corrected chi connectivity index (χ2v) is 5.18. The molecule has 0 aromatic heterocycles. The summed E-state index contributed by atoms with van der Waals surface area (Å²) in [6, 6.07) is 6.94. The maximum absolute atomic E-state index is 11.7. The summed E-state index contributed by atoms with van der Waals surface area (Å²) in [5.41, 5.74) is 0. The van der Waals surface area contributed by atoms with Gasteiger partial charge >= 0.3 is 6.03 Å². The minimum absolute atomic E-state index is 0.209. The molecule has 0 saturated carbocycles. The van der Waals surface area contributed by atoms with E-state index in [1.807, 2.05) is 19.1 Å². The van der Waals surface area contributed by atoms with Gasteiger partial charge in [-0.1, -0.05) is 23.7 Å². The molecule has 0 aliphatic heterocycles. The van der Waals surface area contributed by atoms with Crippen molar-refractivity contribution in [2.75, 3.05) is 20.1 Å². The van der Waals surface area contributed by atoms with Crippen LogP contribution in [-0.2, 0) is 0 Å². The number of rotatable bonds is 6. The SMILES string of the molecule is CC(O)CN(C)C(=O)NCC(C)Oc1ccccc1Cl. The van der Waals surface area contributed by atoms with Gasteiger partial charge in [-0.2, -0.15) is 0 Å². The summed E-state index contributed by atoms with van der Waals surface area (Å²) in [4.78, 5) is 13.1. The zero-order valence-electron chi connectivity index (χ0n) is 12.0. The Morgan fingerprint density at radius 3 is 2.70 bits per heavy atom. The summed E-state index contributed by atoms with van der Waals surface area (Å²) in [6.45, 7) is 4.12. The van der Waals surface area contributed by atoms with E-state index >= 15 is 0 Å². The first-order chi connectivity index (χ1) is 9.40. The van der Waals surface area contributed by atoms with Crippen LogP contribution < -0.4 is 10.1 Å². The molecule has 6 heteroatoms. The lowest BCUT2D eigenvalue weighted by Gasteiger charge is -2.21. The number of nitrogens with zero attached hydrogens (tertiary/aromatic N) is 1. The normalized spacial score (nSPS) is 13.4. The maximum atomic E-state index is 11.7. The summed E-state index contributed by atoms with van der Waals surface area (Å²) in [5, 5.41) is 12.5. The molecule has 1 rings (SSSR count). The number of likely N-dealkylation sites (N-methyl/N-ethyl adjacent to an activating group) is 1. The van der Waals surface area contributed by atoms with Crippen molar-refractivity contribution in [3.8, 4) is 5.75 Å². The van der Waals surface area contributed by atoms with Gasteiger partial charge in [-0.15, -0.1) is 0 Å². The van der Waals surface area contributed by atoms with Crippen molar-refractivity contribution in [3.05, 3.63) is 29.3 Å². The number of nitrogens with one attached hydrogen (secondary N) is 1. The summed E-state index contributed by atoms with van der Waals surface area (Å²) < 4.78 is 5.64. The molecule has 1 aromatic carbocycles. The van der Waals surface area contributed by atoms with Crippen LogP contribution in [0.15, 0.2) is 24.3 Å². The first-order valence-corrected chi connectivity index (χ1v) is 6.86. The molecule has 0 aliphatic carbocycles. The number of aliphatic hydroxyl groups excluding tert-OH is 1. The fourth-order valence-corrected chi connectivity index (χ4v) is 1.82. The Kier molecular flexibility index (Phi) is 6.61. The molecule has 0 bridgehead atoms. The first-order valence-electron chi connectivity index (χ1n) is 6.48. The fraction of sp³-hybridized carbons (Fsp3) is 0.500. The van der Waals surface area contributed by atoms with Crippen LogP contribution in [0.2, 0.25) is 5.02 Å². The van der Waals surface area contributed by atoms with Gasteiger partial charge in [0.25, 0.3) is 0 Å². The van der Waals surface area contributed by atoms with E-state index in [1.54, 1.807) is 26.1 Å². The van der Waals surface area contributed by atoms with Gasteiger partial charge < -0.3 is 20.1 Å². The van der Waals surface area contributed by atoms with E-state index in [0.717, 1.165) is 0 Å². The Labute approximate surface area is 124 Å². The van der Waals surface area contributed by atoms with E-state index in [4.69, 9.17) is 16.3 Å². The minimum Gasteiger partial charge on any atom is -0.487 e. The molecular formula is C14H21ClN2O3. The smallest absolute Gasteiger partial charge is 0.317 e. The number of urea groups is 1. The third kappa shape index (κ3) is 5.67. The van der Waals surface area contributed by atoms with E-state index in [1.165, 1.54) is 4.90 Å². The van der Waals surface area contributed by atoms with Gasteiger partial charge in [-0.05, 0) is 26.0 Å². The van der Waals surface area contributed by atoms with Gasteiger partial charge in [0.1, 0.15) is 11.9 Å². The van der Waals surface area contributed by atoms with Gasteiger partial charge in [0.05, 0.1) is 17.7 Å². The number of carbonyl (C=O) groups is 1. The van der Waals surface area contributed by atoms with Crippen LogP contribution in [0, 0.1) is 0 Å². The fourth-order valence-electron chi connectivity index (χ4n) is 1.64. The molecular weight excluding hydrogens is 280 g/mol. The largest absolute Gasteiger partial charge is 0.487 e. The van der Waals surface area contributed by atoms with Crippen molar-refractivity contribution < 1.29 is 14.6 Å². The lowest BCUT2D eigenvalue weighted by atomic mass is 10.3. The van der Waals surface area contributed by atoms with Gasteiger partial charge in [-0.3, -0.25) is 0 Å². The van der Waals surface area contributed by atoms with Crippen LogP contribution in [0.5, 0.6) is 5.75 Å². The van der Waals surface area contributed by atoms with Gasteiger partial charge in [0.2, 0.25) is 0 Å². The molecule has 5 nitrogen and oxygen atoms in total. The highest BCUT2D eigenvalue weighted by molar-refractivity contribution is 6.32. The highest BCUT2D eigenvalue weighted by Gasteiger charge is 2.13. The van der Waals surface area contributed by atoms with Crippen LogP contribution in [0.1, 0.15) is 13.8 Å². The van der Waals surface area contributed by atoms with E-state index in [0.29, 0.717) is 17.3 Å². The third-order valence-electron chi connectivity index (χ3n) is 2.59. The summed E-state index contributed by atoms with van der Waals surface area (Å²) in [6.07, 6.45) is -0.763. The summed E-state index contributed by atoms with van der Waals surface area (Å²) >= 11 is 5.99. The van der Waals surface area contributed by atoms with E-state index in [9.17, 15) is 9.90 Å². The van der Waals surface area contributed by atoms with Crippen molar-refractivity contribution in [3.63, 3.8) is 0 Å². The van der Waals surface area contributed by atoms with E-state index < -0.39 is 6.10 Å². The summed E-state index contributed by atoms with van der Waals surface area (Å²) in [5.74, 6) is 0.591. The minimum atomic E-state index is -0.553. The van der Waals surface area contributed by atoms with Gasteiger partial charge in [0.15, 0.2) is 0 Å². The van der Waals surface area contributed by atoms with Gasteiger partial charge in [-0.25, -0.2) is 4.79 Å². The van der Waals surface area contributed by atoms with Crippen LogP contribution in [-0.4, -0.2) is 48.4 Å². The number of halogens is 1. The number of ether oxygens (including phenoxy) is 1. The monoisotopic (exact) mass is 300 g/mol. The molecule has 0 aliphatic rings. The molecule has 2 amide bonds. The van der Waals surface area contributed by atoms with Crippen LogP contribution >= 0.6 is 11.6 Å². The number of hydrogen-bond donors (Lipinski definition) is 2. The average molecular weight is 301 g/mol. The second kappa shape index (κ2) is 7.97. The maximum Gasteiger partial charge on any atom is 0.317 e. The Bertz CT molecular complexity index is 440. The van der Waals surface area contributed by atoms with Crippen molar-refractivity contribution >= 4 is 17.6 Å². The van der Waals surface area contributed by atoms with Crippen molar-refractivity contribution in [1.82, 2.24) is 10.2 Å². The third-order valence-corrected chi connectivity index (χ3v) is 2.90. The van der Waals surface area contributed by atoms with Crippen molar-refractivity contribution in [2.45, 2.75) is 26.1 Å². The molecule has 0 saturated heterocycles. The Hall–Kier alpha value is -1.46. The summed E-state index contributed by atoms with van der Waals surface area (Å²) in [7, 11) is 1.63. The number of hydrogen-bond acceptors (Lipinski definition) is 3. The molecule has 20 heavy (non-hydrogen) atoms. The molecule has 112 valence electrons. The Balaban J connectivity index is 2.38. The van der Waals surface area contributed by atoms with Crippen LogP contribution in [0.4, 0.5) is 4.79 Å². The molecule has 2 atom stereocenters. The number of aliphatic hydroxyl groups is 1. The Morgan fingerprint density at radius 1 is 1.45 bits per heavy atom. The number of para-hydroxylation sites is 1. The molecule has 2 unspecified atom stereocenters. The first kappa shape index (κ1) is 16.6. The molecule has 0 radical (unpaired) electrons. The van der Waals surface area contributed by atoms with Crippen LogP contribution in [0.3, 0.4) is 0 Å². The topological polar surface area (TPSA) is 61.8 Å². The predicted octanol–water partition coefficient (Wildman–Crippen LogP) is 2.13. The zero-order valence-corrected chi connectivity index (χ0v) is 12.7.